The number of sulfonamides is 1. The topological polar surface area (TPSA) is 116 Å². The van der Waals surface area contributed by atoms with Gasteiger partial charge in [0, 0.05) is 4.88 Å². The lowest BCUT2D eigenvalue weighted by molar-refractivity contribution is -0.119. The summed E-state index contributed by atoms with van der Waals surface area (Å²) in [7, 11) is -3.94. The summed E-state index contributed by atoms with van der Waals surface area (Å²) in [5.74, 6) is -1.32. The molecule has 3 aromatic rings. The lowest BCUT2D eigenvalue weighted by Gasteiger charge is -2.06. The Kier molecular flexibility index (Phi) is 5.88. The average Bonchev–Trinajstić information content (AvgIpc) is 3.14. The molecule has 1 aromatic heterocycles. The summed E-state index contributed by atoms with van der Waals surface area (Å²) >= 11 is 1.40. The maximum atomic E-state index is 12.0. The Morgan fingerprint density at radius 2 is 1.75 bits per heavy atom. The highest BCUT2D eigenvalue weighted by molar-refractivity contribution is 7.89. The Morgan fingerprint density at radius 1 is 1.00 bits per heavy atom. The van der Waals surface area contributed by atoms with Crippen LogP contribution in [0, 0.1) is 0 Å². The molecule has 0 unspecified atom stereocenters. The molecule has 0 atom stereocenters. The second-order valence-electron chi connectivity index (χ2n) is 5.73. The number of rotatable bonds is 6. The van der Waals surface area contributed by atoms with Gasteiger partial charge in [0.2, 0.25) is 10.0 Å². The number of benzene rings is 2. The largest absolute Gasteiger partial charge is 0.452 e. The summed E-state index contributed by atoms with van der Waals surface area (Å²) in [4.78, 5) is 24.8. The lowest BCUT2D eigenvalue weighted by Crippen LogP contribution is -2.20. The minimum absolute atomic E-state index is 0.0122. The zero-order valence-corrected chi connectivity index (χ0v) is 16.1. The number of anilines is 1. The number of ether oxygens (including phenoxy) is 1. The summed E-state index contributed by atoms with van der Waals surface area (Å²) in [6, 6.07) is 18.5. The van der Waals surface area contributed by atoms with Gasteiger partial charge in [0.15, 0.2) is 6.61 Å². The predicted octanol–water partition coefficient (Wildman–Crippen LogP) is 2.86. The molecular weight excluding hydrogens is 400 g/mol. The molecule has 1 heterocycles. The second-order valence-corrected chi connectivity index (χ2v) is 8.37. The first-order chi connectivity index (χ1) is 13.3. The first-order valence-electron chi connectivity index (χ1n) is 8.08. The number of primary sulfonamides is 1. The SMILES string of the molecule is NS(=O)(=O)c1cccc(C(=O)OCC(=O)Nc2ccc(-c3ccccc3)s2)c1. The number of nitrogens with one attached hydrogen (secondary N) is 1. The number of esters is 1. The van der Waals surface area contributed by atoms with Gasteiger partial charge in [0.05, 0.1) is 15.5 Å². The number of carbonyl (C=O) groups excluding carboxylic acids is 2. The first-order valence-corrected chi connectivity index (χ1v) is 10.4. The molecule has 0 aliphatic rings. The minimum atomic E-state index is -3.94. The van der Waals surface area contributed by atoms with E-state index in [1.165, 1.54) is 29.5 Å². The fourth-order valence-electron chi connectivity index (χ4n) is 2.35. The molecule has 0 saturated heterocycles. The minimum Gasteiger partial charge on any atom is -0.452 e. The van der Waals surface area contributed by atoms with Crippen LogP contribution in [0.25, 0.3) is 10.4 Å². The summed E-state index contributed by atoms with van der Waals surface area (Å²) < 4.78 is 27.6. The predicted molar refractivity (Wildman–Crippen MR) is 106 cm³/mol. The van der Waals surface area contributed by atoms with Crippen LogP contribution in [0.1, 0.15) is 10.4 Å². The molecule has 3 N–H and O–H groups in total. The van der Waals surface area contributed by atoms with Crippen molar-refractivity contribution >= 4 is 38.2 Å². The molecule has 0 radical (unpaired) electrons. The van der Waals surface area contributed by atoms with Gasteiger partial charge in [-0.2, -0.15) is 0 Å². The van der Waals surface area contributed by atoms with Crippen molar-refractivity contribution in [1.29, 1.82) is 0 Å². The van der Waals surface area contributed by atoms with Crippen LogP contribution in [0.15, 0.2) is 71.6 Å². The maximum absolute atomic E-state index is 12.0. The number of hydrogen-bond donors (Lipinski definition) is 2. The van der Waals surface area contributed by atoms with Crippen LogP contribution in [-0.2, 0) is 19.6 Å². The summed E-state index contributed by atoms with van der Waals surface area (Å²) in [5, 5.41) is 8.32. The van der Waals surface area contributed by atoms with Gasteiger partial charge in [0.1, 0.15) is 0 Å². The highest BCUT2D eigenvalue weighted by Gasteiger charge is 2.15. The third-order valence-electron chi connectivity index (χ3n) is 3.66. The highest BCUT2D eigenvalue weighted by Crippen LogP contribution is 2.31. The Labute approximate surface area is 165 Å². The van der Waals surface area contributed by atoms with E-state index < -0.39 is 28.5 Å². The third kappa shape index (κ3) is 5.03. The van der Waals surface area contributed by atoms with Crippen molar-refractivity contribution in [2.24, 2.45) is 5.14 Å². The Hall–Kier alpha value is -3.01. The fourth-order valence-corrected chi connectivity index (χ4v) is 3.84. The van der Waals surface area contributed by atoms with Crippen LogP contribution in [-0.4, -0.2) is 26.9 Å². The van der Waals surface area contributed by atoms with Gasteiger partial charge < -0.3 is 10.1 Å². The van der Waals surface area contributed by atoms with E-state index in [4.69, 9.17) is 9.88 Å². The van der Waals surface area contributed by atoms with Crippen molar-refractivity contribution in [3.63, 3.8) is 0 Å². The molecule has 0 saturated carbocycles. The summed E-state index contributed by atoms with van der Waals surface area (Å²) in [6.45, 7) is -0.503. The molecule has 0 bridgehead atoms. The van der Waals surface area contributed by atoms with Crippen molar-refractivity contribution in [2.75, 3.05) is 11.9 Å². The van der Waals surface area contributed by atoms with Crippen molar-refractivity contribution in [1.82, 2.24) is 0 Å². The van der Waals surface area contributed by atoms with E-state index in [1.807, 2.05) is 36.4 Å². The Bertz CT molecular complexity index is 1110. The zero-order chi connectivity index (χ0) is 20.1. The smallest absolute Gasteiger partial charge is 0.338 e. The van der Waals surface area contributed by atoms with Crippen LogP contribution in [0.4, 0.5) is 5.00 Å². The van der Waals surface area contributed by atoms with Gasteiger partial charge in [-0.1, -0.05) is 36.4 Å². The molecule has 3 rings (SSSR count). The third-order valence-corrected chi connectivity index (χ3v) is 5.62. The molecule has 28 heavy (non-hydrogen) atoms. The first kappa shape index (κ1) is 19.7. The Balaban J connectivity index is 1.58. The molecule has 2 aromatic carbocycles. The van der Waals surface area contributed by atoms with Crippen molar-refractivity contribution in [3.8, 4) is 10.4 Å². The van der Waals surface area contributed by atoms with Gasteiger partial charge in [-0.15, -0.1) is 11.3 Å². The van der Waals surface area contributed by atoms with E-state index in [0.29, 0.717) is 5.00 Å². The number of thiophene rings is 1. The normalized spacial score (nSPS) is 11.0. The number of amides is 1. The Morgan fingerprint density at radius 3 is 2.46 bits per heavy atom. The number of nitrogens with two attached hydrogens (primary N) is 1. The standard InChI is InChI=1S/C19H16N2O5S2/c20-28(24,25)15-8-4-7-14(11-15)19(23)26-12-17(22)21-18-10-9-16(27-18)13-5-2-1-3-6-13/h1-11H,12H2,(H,21,22)(H2,20,24,25). The van der Waals surface area contributed by atoms with E-state index in [1.54, 1.807) is 6.07 Å². The van der Waals surface area contributed by atoms with Crippen molar-refractivity contribution in [2.45, 2.75) is 4.90 Å². The van der Waals surface area contributed by atoms with E-state index in [0.717, 1.165) is 16.5 Å². The van der Waals surface area contributed by atoms with Gasteiger partial charge in [-0.25, -0.2) is 18.4 Å². The van der Waals surface area contributed by atoms with Crippen LogP contribution >= 0.6 is 11.3 Å². The van der Waals surface area contributed by atoms with Crippen LogP contribution in [0.2, 0.25) is 0 Å². The quantitative estimate of drug-likeness (QED) is 0.600. The zero-order valence-electron chi connectivity index (χ0n) is 14.5. The van der Waals surface area contributed by atoms with Gasteiger partial charge in [-0.3, -0.25) is 4.79 Å². The van der Waals surface area contributed by atoms with Gasteiger partial charge in [-0.05, 0) is 35.9 Å². The molecule has 144 valence electrons. The van der Waals surface area contributed by atoms with Gasteiger partial charge in [0.25, 0.3) is 5.91 Å². The summed E-state index contributed by atoms with van der Waals surface area (Å²) in [5.41, 5.74) is 1.02. The summed E-state index contributed by atoms with van der Waals surface area (Å²) in [6.07, 6.45) is 0. The van der Waals surface area contributed by atoms with E-state index >= 15 is 0 Å². The van der Waals surface area contributed by atoms with Crippen LogP contribution in [0.3, 0.4) is 0 Å². The van der Waals surface area contributed by atoms with E-state index in [9.17, 15) is 18.0 Å². The highest BCUT2D eigenvalue weighted by atomic mass is 32.2. The van der Waals surface area contributed by atoms with Crippen molar-refractivity contribution in [3.05, 3.63) is 72.3 Å². The molecular formula is C19H16N2O5S2. The second kappa shape index (κ2) is 8.34. The van der Waals surface area contributed by atoms with E-state index in [-0.39, 0.29) is 10.5 Å². The molecule has 0 aliphatic heterocycles. The molecule has 0 aliphatic carbocycles. The maximum Gasteiger partial charge on any atom is 0.338 e. The van der Waals surface area contributed by atoms with Crippen LogP contribution in [0.5, 0.6) is 0 Å². The number of carbonyl (C=O) groups is 2. The molecule has 1 amide bonds. The van der Waals surface area contributed by atoms with E-state index in [2.05, 4.69) is 5.32 Å². The van der Waals surface area contributed by atoms with Crippen molar-refractivity contribution < 1.29 is 22.7 Å². The molecule has 9 heteroatoms. The fraction of sp³-hybridized carbons (Fsp3) is 0.0526. The monoisotopic (exact) mass is 416 g/mol. The lowest BCUT2D eigenvalue weighted by atomic mass is 10.2. The molecule has 0 spiro atoms. The molecule has 7 nitrogen and oxygen atoms in total. The molecule has 0 fully saturated rings. The number of hydrogen-bond acceptors (Lipinski definition) is 6. The van der Waals surface area contributed by atoms with Crippen LogP contribution < -0.4 is 10.5 Å². The average molecular weight is 416 g/mol. The van der Waals surface area contributed by atoms with Gasteiger partial charge >= 0.3 is 5.97 Å².